The first-order chi connectivity index (χ1) is 17.7. The zero-order chi connectivity index (χ0) is 26.3. The van der Waals surface area contributed by atoms with Gasteiger partial charge in [0.25, 0.3) is 5.89 Å². The first kappa shape index (κ1) is 25.9. The number of nitrogens with one attached hydrogen (secondary N) is 1. The Kier molecular flexibility index (Phi) is 7.15. The van der Waals surface area contributed by atoms with Gasteiger partial charge in [0.05, 0.1) is 22.0 Å². The van der Waals surface area contributed by atoms with Crippen molar-refractivity contribution in [1.29, 1.82) is 0 Å². The molecule has 1 aliphatic rings. The van der Waals surface area contributed by atoms with Gasteiger partial charge in [0.2, 0.25) is 5.91 Å². The number of hydrogen-bond acceptors (Lipinski definition) is 7. The van der Waals surface area contributed by atoms with Crippen LogP contribution in [0.4, 0.5) is 5.69 Å². The molecule has 192 valence electrons. The minimum absolute atomic E-state index is 0.118. The molecule has 11 heteroatoms. The van der Waals surface area contributed by atoms with Crippen molar-refractivity contribution in [2.75, 3.05) is 5.32 Å². The lowest BCUT2D eigenvalue weighted by Gasteiger charge is -2.17. The first-order valence-corrected chi connectivity index (χ1v) is 14.4. The standard InChI is InChI=1S/C26H23Cl2N3O4S2/c1-14-3-8-21(36-14)24-30-25(31-35-24)26(9-10-26)23-19(27)12-18(13-20(23)28)29-22(32)11-16-4-6-17(7-5-16)15(2)37(33)34/h3-8,12-13,15,37H,9-11H2,1-2H3,(H,29,32). The summed E-state index contributed by atoms with van der Waals surface area (Å²) >= 11 is 15.0. The summed E-state index contributed by atoms with van der Waals surface area (Å²) in [5.74, 6) is 0.777. The molecule has 7 nitrogen and oxygen atoms in total. The highest BCUT2D eigenvalue weighted by Crippen LogP contribution is 2.57. The van der Waals surface area contributed by atoms with Crippen LogP contribution in [0.3, 0.4) is 0 Å². The normalized spacial score (nSPS) is 15.1. The van der Waals surface area contributed by atoms with Crippen LogP contribution < -0.4 is 5.32 Å². The van der Waals surface area contributed by atoms with E-state index in [1.165, 1.54) is 0 Å². The Hall–Kier alpha value is -2.72. The van der Waals surface area contributed by atoms with Gasteiger partial charge in [0.15, 0.2) is 5.82 Å². The predicted molar refractivity (Wildman–Crippen MR) is 146 cm³/mol. The van der Waals surface area contributed by atoms with Gasteiger partial charge >= 0.3 is 0 Å². The average Bonchev–Trinajstić information content (AvgIpc) is 3.25. The number of anilines is 1. The number of carbonyl (C=O) groups is 1. The van der Waals surface area contributed by atoms with E-state index in [9.17, 15) is 13.2 Å². The molecule has 1 atom stereocenters. The summed E-state index contributed by atoms with van der Waals surface area (Å²) in [5.41, 5.74) is 2.14. The van der Waals surface area contributed by atoms with Crippen LogP contribution in [-0.2, 0) is 27.3 Å². The largest absolute Gasteiger partial charge is 0.333 e. The van der Waals surface area contributed by atoms with Crippen molar-refractivity contribution in [2.24, 2.45) is 0 Å². The fourth-order valence-corrected chi connectivity index (χ4v) is 6.36. The Bertz CT molecular complexity index is 1530. The van der Waals surface area contributed by atoms with E-state index in [0.717, 1.165) is 33.7 Å². The third-order valence-electron chi connectivity index (χ3n) is 6.50. The molecule has 0 radical (unpaired) electrons. The molecule has 1 saturated carbocycles. The second kappa shape index (κ2) is 10.2. The smallest absolute Gasteiger partial charge is 0.268 e. The van der Waals surface area contributed by atoms with Crippen molar-refractivity contribution in [2.45, 2.75) is 43.8 Å². The topological polar surface area (TPSA) is 102 Å². The molecule has 1 aliphatic carbocycles. The molecule has 2 aromatic heterocycles. The Balaban J connectivity index is 1.31. The van der Waals surface area contributed by atoms with E-state index in [4.69, 9.17) is 27.7 Å². The highest BCUT2D eigenvalue weighted by molar-refractivity contribution is 7.72. The molecule has 0 spiro atoms. The summed E-state index contributed by atoms with van der Waals surface area (Å²) in [6, 6.07) is 14.3. The zero-order valence-electron chi connectivity index (χ0n) is 20.0. The predicted octanol–water partition coefficient (Wildman–Crippen LogP) is 6.35. The summed E-state index contributed by atoms with van der Waals surface area (Å²) in [5, 5.41) is 7.35. The van der Waals surface area contributed by atoms with Crippen LogP contribution in [0.2, 0.25) is 10.0 Å². The van der Waals surface area contributed by atoms with Crippen LogP contribution in [0.5, 0.6) is 0 Å². The Morgan fingerprint density at radius 3 is 2.38 bits per heavy atom. The number of rotatable bonds is 8. The number of carbonyl (C=O) groups excluding carboxylic acids is 1. The third kappa shape index (κ3) is 5.31. The van der Waals surface area contributed by atoms with Crippen molar-refractivity contribution >= 4 is 56.8 Å². The van der Waals surface area contributed by atoms with Gasteiger partial charge in [-0.05, 0) is 62.1 Å². The van der Waals surface area contributed by atoms with Gasteiger partial charge in [0.1, 0.15) is 10.7 Å². The van der Waals surface area contributed by atoms with Crippen molar-refractivity contribution in [1.82, 2.24) is 10.1 Å². The minimum atomic E-state index is -2.55. The van der Waals surface area contributed by atoms with Crippen LogP contribution in [-0.4, -0.2) is 24.5 Å². The van der Waals surface area contributed by atoms with Gasteiger partial charge in [-0.2, -0.15) is 4.98 Å². The first-order valence-electron chi connectivity index (χ1n) is 11.6. The highest BCUT2D eigenvalue weighted by atomic mass is 35.5. The quantitative estimate of drug-likeness (QED) is 0.237. The molecule has 0 bridgehead atoms. The van der Waals surface area contributed by atoms with E-state index in [1.807, 2.05) is 19.1 Å². The molecule has 1 fully saturated rings. The summed E-state index contributed by atoms with van der Waals surface area (Å²) in [6.45, 7) is 3.64. The number of benzene rings is 2. The number of halogens is 2. The van der Waals surface area contributed by atoms with Gasteiger partial charge in [-0.25, -0.2) is 8.42 Å². The Morgan fingerprint density at radius 2 is 1.81 bits per heavy atom. The van der Waals surface area contributed by atoms with Gasteiger partial charge in [0, 0.05) is 26.2 Å². The molecule has 2 heterocycles. The molecule has 1 N–H and O–H groups in total. The van der Waals surface area contributed by atoms with Crippen LogP contribution in [0.25, 0.3) is 10.8 Å². The highest BCUT2D eigenvalue weighted by Gasteiger charge is 2.52. The fraction of sp³-hybridized carbons (Fsp3) is 0.269. The van der Waals surface area contributed by atoms with E-state index < -0.39 is 21.4 Å². The molecular weight excluding hydrogens is 553 g/mol. The SMILES string of the molecule is Cc1ccc(-c2nc(C3(c4c(Cl)cc(NC(=O)Cc5ccc(C(C)[SH](=O)=O)cc5)cc4Cl)CC3)no2)s1. The number of amides is 1. The van der Waals surface area contributed by atoms with E-state index in [2.05, 4.69) is 15.5 Å². The van der Waals surface area contributed by atoms with Crippen molar-refractivity contribution in [3.63, 3.8) is 0 Å². The van der Waals surface area contributed by atoms with Gasteiger partial charge in [-0.1, -0.05) is 52.6 Å². The number of nitrogens with zero attached hydrogens (tertiary/aromatic N) is 2. The number of aryl methyl sites for hydroxylation is 1. The molecule has 4 aromatic rings. The molecule has 0 saturated heterocycles. The second-order valence-corrected chi connectivity index (χ2v) is 12.6. The van der Waals surface area contributed by atoms with Crippen molar-refractivity contribution in [3.05, 3.63) is 86.0 Å². The monoisotopic (exact) mass is 575 g/mol. The molecule has 1 amide bonds. The summed E-state index contributed by atoms with van der Waals surface area (Å²) < 4.78 is 27.9. The average molecular weight is 577 g/mol. The van der Waals surface area contributed by atoms with Gasteiger partial charge in [-0.15, -0.1) is 11.3 Å². The fourth-order valence-electron chi connectivity index (χ4n) is 4.31. The number of aromatic nitrogens is 2. The molecular formula is C26H23Cl2N3O4S2. The lowest BCUT2D eigenvalue weighted by Crippen LogP contribution is -2.16. The summed E-state index contributed by atoms with van der Waals surface area (Å²) in [4.78, 5) is 19.4. The summed E-state index contributed by atoms with van der Waals surface area (Å²) in [7, 11) is -2.55. The zero-order valence-corrected chi connectivity index (χ0v) is 23.2. The van der Waals surface area contributed by atoms with E-state index in [1.54, 1.807) is 54.7 Å². The number of thiophene rings is 1. The van der Waals surface area contributed by atoms with E-state index in [-0.39, 0.29) is 12.3 Å². The molecule has 2 aromatic carbocycles. The van der Waals surface area contributed by atoms with Crippen molar-refractivity contribution in [3.8, 4) is 10.8 Å². The summed E-state index contributed by atoms with van der Waals surface area (Å²) in [6.07, 6.45) is 1.69. The lowest BCUT2D eigenvalue weighted by atomic mass is 9.94. The third-order valence-corrected chi connectivity index (χ3v) is 9.02. The van der Waals surface area contributed by atoms with E-state index in [0.29, 0.717) is 33.0 Å². The van der Waals surface area contributed by atoms with Crippen LogP contribution in [0.1, 0.15) is 52.4 Å². The van der Waals surface area contributed by atoms with Crippen LogP contribution >= 0.6 is 34.5 Å². The molecule has 0 aliphatic heterocycles. The Labute approximate surface area is 229 Å². The second-order valence-electron chi connectivity index (χ2n) is 9.16. The van der Waals surface area contributed by atoms with Crippen LogP contribution in [0, 0.1) is 6.92 Å². The molecule has 1 unspecified atom stereocenters. The maximum Gasteiger partial charge on any atom is 0.268 e. The number of hydrogen-bond donors (Lipinski definition) is 2. The minimum Gasteiger partial charge on any atom is -0.333 e. The van der Waals surface area contributed by atoms with E-state index >= 15 is 0 Å². The van der Waals surface area contributed by atoms with Crippen molar-refractivity contribution < 1.29 is 17.7 Å². The Morgan fingerprint density at radius 1 is 1.14 bits per heavy atom. The number of thiol groups is 1. The molecule has 5 rings (SSSR count). The van der Waals surface area contributed by atoms with Crippen LogP contribution in [0.15, 0.2) is 53.1 Å². The molecule has 37 heavy (non-hydrogen) atoms. The lowest BCUT2D eigenvalue weighted by molar-refractivity contribution is -0.115. The van der Waals surface area contributed by atoms with Gasteiger partial charge in [-0.3, -0.25) is 4.79 Å². The van der Waals surface area contributed by atoms with Gasteiger partial charge < -0.3 is 9.84 Å². The maximum atomic E-state index is 12.7. The maximum absolute atomic E-state index is 12.7.